The van der Waals surface area contributed by atoms with Crippen LogP contribution in [-0.2, 0) is 0 Å². The van der Waals surface area contributed by atoms with Gasteiger partial charge in [-0.15, -0.1) is 0 Å². The average Bonchev–Trinajstić information content (AvgIpc) is 2.12. The molecule has 0 fully saturated rings. The zero-order valence-corrected chi connectivity index (χ0v) is 7.88. The molecule has 60 valence electrons. The summed E-state index contributed by atoms with van der Waals surface area (Å²) >= 11 is 3.36. The lowest BCUT2D eigenvalue weighted by atomic mass is 10.2. The van der Waals surface area contributed by atoms with Crippen molar-refractivity contribution < 1.29 is 0 Å². The number of fused-ring (bicyclic) bond motifs is 1. The molecule has 1 heterocycles. The molecule has 2 N–H and O–H groups in total. The molecule has 0 radical (unpaired) electrons. The molecule has 0 aliphatic carbocycles. The van der Waals surface area contributed by atoms with Gasteiger partial charge in [0.25, 0.3) is 0 Å². The molecule has 0 saturated heterocycles. The highest BCUT2D eigenvalue weighted by molar-refractivity contribution is 9.10. The molecule has 1 aromatic heterocycles. The van der Waals surface area contributed by atoms with Gasteiger partial charge in [-0.1, -0.05) is 0 Å². The average molecular weight is 223 g/mol. The van der Waals surface area contributed by atoms with Crippen molar-refractivity contribution >= 4 is 32.5 Å². The van der Waals surface area contributed by atoms with Crippen molar-refractivity contribution in [2.45, 2.75) is 0 Å². The molecule has 0 saturated carbocycles. The summed E-state index contributed by atoms with van der Waals surface area (Å²) < 4.78 is 0.919. The molecule has 0 amide bonds. The minimum Gasteiger partial charge on any atom is -0.397 e. The molecule has 0 aliphatic heterocycles. The number of hydrogen-bond donors (Lipinski definition) is 1. The van der Waals surface area contributed by atoms with Crippen molar-refractivity contribution in [1.29, 1.82) is 0 Å². The predicted octanol–water partition coefficient (Wildman–Crippen LogP) is 2.58. The number of rotatable bonds is 0. The Kier molecular flexibility index (Phi) is 1.73. The van der Waals surface area contributed by atoms with Crippen LogP contribution in [0.4, 0.5) is 5.69 Å². The van der Waals surface area contributed by atoms with E-state index in [0.717, 1.165) is 21.1 Å². The third kappa shape index (κ3) is 1.06. The monoisotopic (exact) mass is 222 g/mol. The van der Waals surface area contributed by atoms with E-state index < -0.39 is 0 Å². The molecule has 3 heteroatoms. The van der Waals surface area contributed by atoms with Crippen LogP contribution in [0.1, 0.15) is 0 Å². The van der Waals surface area contributed by atoms with Crippen LogP contribution in [0.15, 0.2) is 34.9 Å². The van der Waals surface area contributed by atoms with Gasteiger partial charge in [0.15, 0.2) is 0 Å². The SMILES string of the molecule is Nc1c(Br)ccc2ncccc12. The highest BCUT2D eigenvalue weighted by atomic mass is 79.9. The predicted molar refractivity (Wildman–Crippen MR) is 53.9 cm³/mol. The quantitative estimate of drug-likeness (QED) is 0.697. The van der Waals surface area contributed by atoms with E-state index in [1.807, 2.05) is 24.3 Å². The molecule has 0 aliphatic rings. The van der Waals surface area contributed by atoms with Gasteiger partial charge in [0.05, 0.1) is 11.2 Å². The van der Waals surface area contributed by atoms with Crippen LogP contribution < -0.4 is 5.73 Å². The number of hydrogen-bond acceptors (Lipinski definition) is 2. The molecule has 0 atom stereocenters. The third-order valence-corrected chi connectivity index (χ3v) is 2.47. The first kappa shape index (κ1) is 7.55. The maximum Gasteiger partial charge on any atom is 0.0723 e. The normalized spacial score (nSPS) is 10.4. The molecule has 2 rings (SSSR count). The standard InChI is InChI=1S/C9H7BrN2/c10-7-3-4-8-6(9(7)11)2-1-5-12-8/h1-5H,11H2. The van der Waals surface area contributed by atoms with Crippen LogP contribution in [0.25, 0.3) is 10.9 Å². The summed E-state index contributed by atoms with van der Waals surface area (Å²) in [5.74, 6) is 0. The maximum atomic E-state index is 5.83. The molecule has 0 spiro atoms. The van der Waals surface area contributed by atoms with Gasteiger partial charge in [0.1, 0.15) is 0 Å². The molecule has 0 bridgehead atoms. The van der Waals surface area contributed by atoms with Gasteiger partial charge in [0, 0.05) is 16.1 Å². The first-order valence-electron chi connectivity index (χ1n) is 3.58. The Bertz CT molecular complexity index is 426. The molecular weight excluding hydrogens is 216 g/mol. The fourth-order valence-corrected chi connectivity index (χ4v) is 1.49. The van der Waals surface area contributed by atoms with Crippen LogP contribution in [0.3, 0.4) is 0 Å². The zero-order chi connectivity index (χ0) is 8.55. The number of nitrogens with two attached hydrogens (primary N) is 1. The lowest BCUT2D eigenvalue weighted by Gasteiger charge is -2.01. The second-order valence-electron chi connectivity index (χ2n) is 2.53. The summed E-state index contributed by atoms with van der Waals surface area (Å²) in [6.07, 6.45) is 1.76. The zero-order valence-electron chi connectivity index (χ0n) is 6.29. The van der Waals surface area contributed by atoms with E-state index >= 15 is 0 Å². The number of halogens is 1. The largest absolute Gasteiger partial charge is 0.397 e. The molecular formula is C9H7BrN2. The highest BCUT2D eigenvalue weighted by Crippen LogP contribution is 2.26. The first-order chi connectivity index (χ1) is 5.79. The van der Waals surface area contributed by atoms with Crippen LogP contribution in [0.2, 0.25) is 0 Å². The Morgan fingerprint density at radius 2 is 2.08 bits per heavy atom. The smallest absolute Gasteiger partial charge is 0.0723 e. The summed E-state index contributed by atoms with van der Waals surface area (Å²) in [6, 6.07) is 7.69. The van der Waals surface area contributed by atoms with Crippen LogP contribution in [0, 0.1) is 0 Å². The lowest BCUT2D eigenvalue weighted by Crippen LogP contribution is -1.89. The molecule has 12 heavy (non-hydrogen) atoms. The van der Waals surface area contributed by atoms with Gasteiger partial charge in [-0.3, -0.25) is 4.98 Å². The van der Waals surface area contributed by atoms with E-state index in [4.69, 9.17) is 5.73 Å². The van der Waals surface area contributed by atoms with Gasteiger partial charge >= 0.3 is 0 Å². The summed E-state index contributed by atoms with van der Waals surface area (Å²) in [6.45, 7) is 0. The minimum absolute atomic E-state index is 0.751. The molecule has 0 unspecified atom stereocenters. The Morgan fingerprint density at radius 3 is 2.92 bits per heavy atom. The third-order valence-electron chi connectivity index (χ3n) is 1.77. The summed E-state index contributed by atoms with van der Waals surface area (Å²) in [4.78, 5) is 4.18. The number of pyridine rings is 1. The van der Waals surface area contributed by atoms with Crippen molar-refractivity contribution in [2.75, 3.05) is 5.73 Å². The lowest BCUT2D eigenvalue weighted by molar-refractivity contribution is 1.41. The van der Waals surface area contributed by atoms with E-state index in [0.29, 0.717) is 0 Å². The first-order valence-corrected chi connectivity index (χ1v) is 4.37. The van der Waals surface area contributed by atoms with E-state index in [1.54, 1.807) is 6.20 Å². The highest BCUT2D eigenvalue weighted by Gasteiger charge is 2.00. The second-order valence-corrected chi connectivity index (χ2v) is 3.39. The number of benzene rings is 1. The van der Waals surface area contributed by atoms with Gasteiger partial charge in [-0.2, -0.15) is 0 Å². The maximum absolute atomic E-state index is 5.83. The van der Waals surface area contributed by atoms with Crippen molar-refractivity contribution in [3.05, 3.63) is 34.9 Å². The minimum atomic E-state index is 0.751. The van der Waals surface area contributed by atoms with E-state index in [1.165, 1.54) is 0 Å². The summed E-state index contributed by atoms with van der Waals surface area (Å²) in [5.41, 5.74) is 7.51. The molecule has 2 aromatic rings. The van der Waals surface area contributed by atoms with Crippen molar-refractivity contribution in [3.63, 3.8) is 0 Å². The Morgan fingerprint density at radius 1 is 1.25 bits per heavy atom. The van der Waals surface area contributed by atoms with Crippen LogP contribution in [0.5, 0.6) is 0 Å². The van der Waals surface area contributed by atoms with E-state index in [-0.39, 0.29) is 0 Å². The fourth-order valence-electron chi connectivity index (χ4n) is 1.15. The second kappa shape index (κ2) is 2.75. The number of nitrogen functional groups attached to an aromatic ring is 1. The summed E-state index contributed by atoms with van der Waals surface area (Å²) in [7, 11) is 0. The van der Waals surface area contributed by atoms with Crippen LogP contribution in [-0.4, -0.2) is 4.98 Å². The van der Waals surface area contributed by atoms with Gasteiger partial charge in [-0.05, 0) is 40.2 Å². The van der Waals surface area contributed by atoms with Crippen molar-refractivity contribution in [3.8, 4) is 0 Å². The number of anilines is 1. The number of nitrogens with zero attached hydrogens (tertiary/aromatic N) is 1. The molecule has 1 aromatic carbocycles. The van der Waals surface area contributed by atoms with Crippen LogP contribution >= 0.6 is 15.9 Å². The van der Waals surface area contributed by atoms with Crippen molar-refractivity contribution in [2.24, 2.45) is 0 Å². The van der Waals surface area contributed by atoms with Gasteiger partial charge in [-0.25, -0.2) is 0 Å². The Balaban J connectivity index is 2.91. The Labute approximate surface area is 78.5 Å². The van der Waals surface area contributed by atoms with Gasteiger partial charge < -0.3 is 5.73 Å². The van der Waals surface area contributed by atoms with Crippen molar-refractivity contribution in [1.82, 2.24) is 4.98 Å². The topological polar surface area (TPSA) is 38.9 Å². The fraction of sp³-hybridized carbons (Fsp3) is 0. The number of aromatic nitrogens is 1. The van der Waals surface area contributed by atoms with E-state index in [2.05, 4.69) is 20.9 Å². The summed E-state index contributed by atoms with van der Waals surface area (Å²) in [5, 5.41) is 0.992. The molecule has 2 nitrogen and oxygen atoms in total. The Hall–Kier alpha value is -1.09. The van der Waals surface area contributed by atoms with Gasteiger partial charge in [0.2, 0.25) is 0 Å². The van der Waals surface area contributed by atoms with E-state index in [9.17, 15) is 0 Å².